The van der Waals surface area contributed by atoms with E-state index in [1.54, 1.807) is 0 Å². The molecule has 2 N–H and O–H groups in total. The van der Waals surface area contributed by atoms with Crippen LogP contribution in [0, 0.1) is 20.8 Å². The summed E-state index contributed by atoms with van der Waals surface area (Å²) in [6, 6.07) is 16.7. The molecule has 28 heavy (non-hydrogen) atoms. The fraction of sp³-hybridized carbons (Fsp3) is 0.304. The molecule has 0 aliphatic carbocycles. The van der Waals surface area contributed by atoms with Gasteiger partial charge in [0.15, 0.2) is 5.13 Å². The minimum absolute atomic E-state index is 0.0516. The Morgan fingerprint density at radius 1 is 1.11 bits per heavy atom. The van der Waals surface area contributed by atoms with Crippen LogP contribution in [0.5, 0.6) is 0 Å². The van der Waals surface area contributed by atoms with Crippen LogP contribution in [0.1, 0.15) is 45.4 Å². The number of aryl methyl sites for hydroxylation is 4. The predicted molar refractivity (Wildman–Crippen MR) is 118 cm³/mol. The van der Waals surface area contributed by atoms with E-state index in [1.165, 1.54) is 22.5 Å². The van der Waals surface area contributed by atoms with Crippen LogP contribution >= 0.6 is 11.3 Å². The van der Waals surface area contributed by atoms with E-state index in [0.717, 1.165) is 34.9 Å². The molecule has 0 aliphatic rings. The predicted octanol–water partition coefficient (Wildman–Crippen LogP) is 5.56. The van der Waals surface area contributed by atoms with Crippen molar-refractivity contribution in [1.29, 1.82) is 0 Å². The topological polar surface area (TPSA) is 54.0 Å². The molecule has 0 bridgehead atoms. The highest BCUT2D eigenvalue weighted by Gasteiger charge is 2.17. The summed E-state index contributed by atoms with van der Waals surface area (Å²) in [7, 11) is 0. The quantitative estimate of drug-likeness (QED) is 0.552. The third-order valence-corrected chi connectivity index (χ3v) is 5.78. The first kappa shape index (κ1) is 20.1. The maximum Gasteiger partial charge on any atom is 0.263 e. The minimum Gasteiger partial charge on any atom is -0.349 e. The van der Waals surface area contributed by atoms with Gasteiger partial charge in [-0.2, -0.15) is 0 Å². The summed E-state index contributed by atoms with van der Waals surface area (Å²) < 4.78 is 0. The van der Waals surface area contributed by atoms with Crippen molar-refractivity contribution in [3.63, 3.8) is 0 Å². The molecule has 1 heterocycles. The molecule has 0 radical (unpaired) electrons. The van der Waals surface area contributed by atoms with E-state index >= 15 is 0 Å². The summed E-state index contributed by atoms with van der Waals surface area (Å²) >= 11 is 1.40. The third-order valence-electron chi connectivity index (χ3n) is 4.71. The summed E-state index contributed by atoms with van der Waals surface area (Å²) in [5.74, 6) is -0.0516. The van der Waals surface area contributed by atoms with Gasteiger partial charge in [-0.25, -0.2) is 4.98 Å². The number of anilines is 2. The lowest BCUT2D eigenvalue weighted by molar-refractivity contribution is 0.0941. The van der Waals surface area contributed by atoms with Gasteiger partial charge in [0.05, 0.1) is 5.69 Å². The number of thiazole rings is 1. The molecule has 0 spiro atoms. The van der Waals surface area contributed by atoms with Crippen molar-refractivity contribution in [1.82, 2.24) is 10.3 Å². The maximum absolute atomic E-state index is 12.7. The molecule has 0 fully saturated rings. The Morgan fingerprint density at radius 3 is 2.57 bits per heavy atom. The number of nitrogens with zero attached hydrogens (tertiary/aromatic N) is 1. The molecule has 1 amide bonds. The van der Waals surface area contributed by atoms with Crippen molar-refractivity contribution in [3.8, 4) is 0 Å². The summed E-state index contributed by atoms with van der Waals surface area (Å²) in [4.78, 5) is 17.9. The van der Waals surface area contributed by atoms with Gasteiger partial charge in [0.25, 0.3) is 5.91 Å². The fourth-order valence-electron chi connectivity index (χ4n) is 3.12. The number of carbonyl (C=O) groups is 1. The molecule has 0 saturated heterocycles. The van der Waals surface area contributed by atoms with Crippen molar-refractivity contribution in [2.45, 2.75) is 46.6 Å². The normalized spacial score (nSPS) is 11.9. The Balaban J connectivity index is 1.60. The Morgan fingerprint density at radius 2 is 1.86 bits per heavy atom. The molecule has 0 aliphatic heterocycles. The van der Waals surface area contributed by atoms with Crippen LogP contribution in [-0.4, -0.2) is 16.9 Å². The highest BCUT2D eigenvalue weighted by atomic mass is 32.1. The first-order valence-electron chi connectivity index (χ1n) is 9.59. The number of hydrogen-bond acceptors (Lipinski definition) is 4. The zero-order valence-corrected chi connectivity index (χ0v) is 17.7. The highest BCUT2D eigenvalue weighted by molar-refractivity contribution is 7.17. The number of amides is 1. The molecular formula is C23H27N3OS. The zero-order chi connectivity index (χ0) is 20.1. The average Bonchev–Trinajstić information content (AvgIpc) is 3.03. The van der Waals surface area contributed by atoms with E-state index in [1.807, 2.05) is 38.1 Å². The average molecular weight is 394 g/mol. The molecule has 146 valence electrons. The van der Waals surface area contributed by atoms with E-state index in [2.05, 4.69) is 53.7 Å². The minimum atomic E-state index is -0.0516. The fourth-order valence-corrected chi connectivity index (χ4v) is 4.00. The number of nitrogens with one attached hydrogen (secondary N) is 2. The van der Waals surface area contributed by atoms with Gasteiger partial charge in [0.1, 0.15) is 4.88 Å². The van der Waals surface area contributed by atoms with Crippen LogP contribution in [0.2, 0.25) is 0 Å². The standard InChI is InChI=1S/C23H27N3OS/c1-15-10-13-20(16(2)14-15)26-23-25-18(4)21(28-23)22(27)24-17(3)11-12-19-8-6-5-7-9-19/h5-10,13-14,17H,11-12H2,1-4H3,(H,24,27)(H,25,26)/t17-/m0/s1. The lowest BCUT2D eigenvalue weighted by Crippen LogP contribution is -2.32. The Bertz CT molecular complexity index is 950. The lowest BCUT2D eigenvalue weighted by atomic mass is 10.1. The Hall–Kier alpha value is -2.66. The monoisotopic (exact) mass is 393 g/mol. The van der Waals surface area contributed by atoms with Gasteiger partial charge in [0, 0.05) is 11.7 Å². The van der Waals surface area contributed by atoms with E-state index in [9.17, 15) is 4.79 Å². The van der Waals surface area contributed by atoms with Gasteiger partial charge in [-0.1, -0.05) is 59.4 Å². The van der Waals surface area contributed by atoms with Crippen molar-refractivity contribution in [2.75, 3.05) is 5.32 Å². The van der Waals surface area contributed by atoms with Crippen LogP contribution in [0.15, 0.2) is 48.5 Å². The molecule has 0 unspecified atom stereocenters. The molecule has 2 aromatic carbocycles. The zero-order valence-electron chi connectivity index (χ0n) is 16.9. The van der Waals surface area contributed by atoms with Crippen LogP contribution in [0.25, 0.3) is 0 Å². The van der Waals surface area contributed by atoms with Crippen molar-refractivity contribution >= 4 is 28.1 Å². The maximum atomic E-state index is 12.7. The highest BCUT2D eigenvalue weighted by Crippen LogP contribution is 2.27. The van der Waals surface area contributed by atoms with E-state index in [4.69, 9.17) is 0 Å². The first-order chi connectivity index (χ1) is 13.4. The van der Waals surface area contributed by atoms with Crippen LogP contribution in [0.4, 0.5) is 10.8 Å². The molecule has 3 rings (SSSR count). The SMILES string of the molecule is Cc1ccc(Nc2nc(C)c(C(=O)N[C@@H](C)CCc3ccccc3)s2)c(C)c1. The molecule has 1 aromatic heterocycles. The molecule has 1 atom stereocenters. The largest absolute Gasteiger partial charge is 0.349 e. The first-order valence-corrected chi connectivity index (χ1v) is 10.4. The number of rotatable bonds is 7. The van der Waals surface area contributed by atoms with Crippen molar-refractivity contribution < 1.29 is 4.79 Å². The van der Waals surface area contributed by atoms with E-state index < -0.39 is 0 Å². The van der Waals surface area contributed by atoms with Gasteiger partial charge in [-0.15, -0.1) is 0 Å². The number of benzene rings is 2. The second-order valence-electron chi connectivity index (χ2n) is 7.28. The lowest BCUT2D eigenvalue weighted by Gasteiger charge is -2.13. The summed E-state index contributed by atoms with van der Waals surface area (Å²) in [6.07, 6.45) is 1.85. The van der Waals surface area contributed by atoms with Crippen LogP contribution in [-0.2, 0) is 6.42 Å². The smallest absolute Gasteiger partial charge is 0.263 e. The summed E-state index contributed by atoms with van der Waals surface area (Å²) in [5, 5.41) is 7.19. The van der Waals surface area contributed by atoms with Crippen molar-refractivity contribution in [2.24, 2.45) is 0 Å². The molecule has 0 saturated carbocycles. The van der Waals surface area contributed by atoms with Gasteiger partial charge in [0.2, 0.25) is 0 Å². The second-order valence-corrected chi connectivity index (χ2v) is 8.27. The summed E-state index contributed by atoms with van der Waals surface area (Å²) in [6.45, 7) is 8.07. The molecule has 4 nitrogen and oxygen atoms in total. The van der Waals surface area contributed by atoms with Gasteiger partial charge < -0.3 is 10.6 Å². The third kappa shape index (κ3) is 5.20. The van der Waals surface area contributed by atoms with E-state index in [-0.39, 0.29) is 11.9 Å². The molecule has 3 aromatic rings. The number of hydrogen-bond donors (Lipinski definition) is 2. The van der Waals surface area contributed by atoms with Crippen LogP contribution < -0.4 is 10.6 Å². The number of carbonyl (C=O) groups excluding carboxylic acids is 1. The van der Waals surface area contributed by atoms with Gasteiger partial charge in [-0.3, -0.25) is 4.79 Å². The van der Waals surface area contributed by atoms with Gasteiger partial charge in [-0.05, 0) is 57.7 Å². The van der Waals surface area contributed by atoms with Crippen LogP contribution in [0.3, 0.4) is 0 Å². The molecular weight excluding hydrogens is 366 g/mol. The second kappa shape index (κ2) is 9.02. The summed E-state index contributed by atoms with van der Waals surface area (Å²) in [5.41, 5.74) is 5.45. The molecule has 5 heteroatoms. The van der Waals surface area contributed by atoms with Crippen molar-refractivity contribution in [3.05, 3.63) is 75.8 Å². The van der Waals surface area contributed by atoms with Gasteiger partial charge >= 0.3 is 0 Å². The Labute approximate surface area is 171 Å². The number of aromatic nitrogens is 1. The van der Waals surface area contributed by atoms with E-state index in [0.29, 0.717) is 4.88 Å². The Kier molecular flexibility index (Phi) is 6.47.